The van der Waals surface area contributed by atoms with Gasteiger partial charge in [0.15, 0.2) is 11.5 Å². The van der Waals surface area contributed by atoms with Gasteiger partial charge in [0.2, 0.25) is 0 Å². The Labute approximate surface area is 105 Å². The van der Waals surface area contributed by atoms with E-state index in [1.807, 2.05) is 28.8 Å². The smallest absolute Gasteiger partial charge is 0.160 e. The number of aromatic nitrogens is 3. The number of pyridine rings is 1. The molecule has 0 fully saturated rings. The number of ether oxygens (including phenoxy) is 1. The number of rotatable bonds is 4. The van der Waals surface area contributed by atoms with Crippen LogP contribution in [-0.4, -0.2) is 27.2 Å². The Morgan fingerprint density at radius 1 is 1.39 bits per heavy atom. The molecule has 0 aliphatic carbocycles. The lowest BCUT2D eigenvalue weighted by Crippen LogP contribution is -2.29. The van der Waals surface area contributed by atoms with Crippen LogP contribution in [0.25, 0.3) is 5.65 Å². The molecule has 3 heterocycles. The third kappa shape index (κ3) is 2.36. The van der Waals surface area contributed by atoms with Crippen molar-refractivity contribution in [3.05, 3.63) is 42.6 Å². The highest BCUT2D eigenvalue weighted by atomic mass is 16.5. The zero-order valence-electron chi connectivity index (χ0n) is 10.1. The number of nitrogens with one attached hydrogen (secondary N) is 1. The summed E-state index contributed by atoms with van der Waals surface area (Å²) in [6.45, 7) is 1.54. The highest BCUT2D eigenvalue weighted by molar-refractivity contribution is 5.36. The molecule has 2 aromatic rings. The van der Waals surface area contributed by atoms with Crippen LogP contribution in [0, 0.1) is 0 Å². The zero-order valence-corrected chi connectivity index (χ0v) is 10.1. The van der Waals surface area contributed by atoms with E-state index in [-0.39, 0.29) is 6.10 Å². The topological polar surface area (TPSA) is 51.5 Å². The third-order valence-electron chi connectivity index (χ3n) is 3.06. The summed E-state index contributed by atoms with van der Waals surface area (Å²) >= 11 is 0. The summed E-state index contributed by atoms with van der Waals surface area (Å²) in [5.74, 6) is 0.928. The van der Waals surface area contributed by atoms with Crippen molar-refractivity contribution in [2.45, 2.75) is 25.5 Å². The quantitative estimate of drug-likeness (QED) is 0.885. The number of hydrogen-bond acceptors (Lipinski definition) is 4. The molecule has 1 N–H and O–H groups in total. The standard InChI is InChI=1S/C13H16N4O/c1-3-7-17-12(6-1)15-16-13(17)10-14-9-11-5-2-4-8-18-11/h1,3-4,6-8,11,14H,2,5,9-10H2. The van der Waals surface area contributed by atoms with E-state index in [1.54, 1.807) is 6.26 Å². The molecule has 0 saturated heterocycles. The van der Waals surface area contributed by atoms with Crippen LogP contribution in [0.15, 0.2) is 36.7 Å². The maximum Gasteiger partial charge on any atom is 0.160 e. The van der Waals surface area contributed by atoms with Gasteiger partial charge in [-0.05, 0) is 31.1 Å². The van der Waals surface area contributed by atoms with Crippen molar-refractivity contribution >= 4 is 5.65 Å². The SMILES string of the molecule is C1=COC(CNCc2nnc3ccccn23)CC1. The number of allylic oxidation sites excluding steroid dienone is 1. The molecule has 0 radical (unpaired) electrons. The summed E-state index contributed by atoms with van der Waals surface area (Å²) in [5, 5.41) is 11.7. The lowest BCUT2D eigenvalue weighted by atomic mass is 10.1. The first-order valence-corrected chi connectivity index (χ1v) is 6.23. The Bertz CT molecular complexity index is 549. The first-order valence-electron chi connectivity index (χ1n) is 6.23. The molecule has 0 spiro atoms. The summed E-state index contributed by atoms with van der Waals surface area (Å²) in [6, 6.07) is 5.89. The van der Waals surface area contributed by atoms with Crippen LogP contribution in [-0.2, 0) is 11.3 Å². The predicted molar refractivity (Wildman–Crippen MR) is 67.9 cm³/mol. The molecule has 5 heteroatoms. The van der Waals surface area contributed by atoms with E-state index in [9.17, 15) is 0 Å². The Morgan fingerprint density at radius 2 is 2.39 bits per heavy atom. The summed E-state index contributed by atoms with van der Waals surface area (Å²) in [7, 11) is 0. The Balaban J connectivity index is 1.58. The van der Waals surface area contributed by atoms with Gasteiger partial charge in [0.1, 0.15) is 6.10 Å². The van der Waals surface area contributed by atoms with Crippen molar-refractivity contribution in [3.8, 4) is 0 Å². The fraction of sp³-hybridized carbons (Fsp3) is 0.385. The zero-order chi connectivity index (χ0) is 12.2. The highest BCUT2D eigenvalue weighted by Crippen LogP contribution is 2.09. The van der Waals surface area contributed by atoms with Gasteiger partial charge in [-0.15, -0.1) is 10.2 Å². The Morgan fingerprint density at radius 3 is 3.28 bits per heavy atom. The molecule has 1 unspecified atom stereocenters. The van der Waals surface area contributed by atoms with Crippen LogP contribution < -0.4 is 5.32 Å². The van der Waals surface area contributed by atoms with Crippen LogP contribution in [0.3, 0.4) is 0 Å². The second-order valence-corrected chi connectivity index (χ2v) is 4.38. The summed E-state index contributed by atoms with van der Waals surface area (Å²) in [5.41, 5.74) is 0.881. The van der Waals surface area contributed by atoms with Gasteiger partial charge in [0, 0.05) is 12.7 Å². The number of hydrogen-bond donors (Lipinski definition) is 1. The van der Waals surface area contributed by atoms with E-state index >= 15 is 0 Å². The minimum atomic E-state index is 0.272. The van der Waals surface area contributed by atoms with Gasteiger partial charge < -0.3 is 10.1 Å². The first-order chi connectivity index (χ1) is 8.93. The first kappa shape index (κ1) is 11.2. The van der Waals surface area contributed by atoms with Gasteiger partial charge >= 0.3 is 0 Å². The van der Waals surface area contributed by atoms with Crippen molar-refractivity contribution < 1.29 is 4.74 Å². The third-order valence-corrected chi connectivity index (χ3v) is 3.06. The molecule has 0 amide bonds. The molecule has 18 heavy (non-hydrogen) atoms. The molecular weight excluding hydrogens is 228 g/mol. The van der Waals surface area contributed by atoms with E-state index in [2.05, 4.69) is 21.6 Å². The second kappa shape index (κ2) is 5.18. The van der Waals surface area contributed by atoms with Crippen LogP contribution in [0.5, 0.6) is 0 Å². The molecule has 0 saturated carbocycles. The van der Waals surface area contributed by atoms with Crippen molar-refractivity contribution in [1.29, 1.82) is 0 Å². The molecule has 1 aliphatic rings. The summed E-state index contributed by atoms with van der Waals surface area (Å²) in [6.07, 6.45) is 8.27. The maximum absolute atomic E-state index is 5.50. The van der Waals surface area contributed by atoms with Crippen molar-refractivity contribution in [2.75, 3.05) is 6.54 Å². The van der Waals surface area contributed by atoms with E-state index in [0.29, 0.717) is 6.54 Å². The van der Waals surface area contributed by atoms with Gasteiger partial charge in [-0.3, -0.25) is 4.40 Å². The summed E-state index contributed by atoms with van der Waals surface area (Å²) < 4.78 is 7.49. The van der Waals surface area contributed by atoms with E-state index in [4.69, 9.17) is 4.74 Å². The average Bonchev–Trinajstić information content (AvgIpc) is 2.84. The normalized spacial score (nSPS) is 19.0. The molecule has 0 bridgehead atoms. The molecule has 0 aromatic carbocycles. The Kier molecular flexibility index (Phi) is 3.23. The largest absolute Gasteiger partial charge is 0.497 e. The number of fused-ring (bicyclic) bond motifs is 1. The van der Waals surface area contributed by atoms with Crippen molar-refractivity contribution in [2.24, 2.45) is 0 Å². The molecule has 94 valence electrons. The molecule has 3 rings (SSSR count). The molecule has 2 aromatic heterocycles. The van der Waals surface area contributed by atoms with Crippen LogP contribution in [0.2, 0.25) is 0 Å². The van der Waals surface area contributed by atoms with Gasteiger partial charge in [-0.25, -0.2) is 0 Å². The average molecular weight is 244 g/mol. The van der Waals surface area contributed by atoms with Gasteiger partial charge in [-0.2, -0.15) is 0 Å². The van der Waals surface area contributed by atoms with Gasteiger partial charge in [-0.1, -0.05) is 6.07 Å². The van der Waals surface area contributed by atoms with E-state index < -0.39 is 0 Å². The van der Waals surface area contributed by atoms with E-state index in [0.717, 1.165) is 30.9 Å². The second-order valence-electron chi connectivity index (χ2n) is 4.38. The molecule has 1 atom stereocenters. The highest BCUT2D eigenvalue weighted by Gasteiger charge is 2.11. The minimum absolute atomic E-state index is 0.272. The monoisotopic (exact) mass is 244 g/mol. The van der Waals surface area contributed by atoms with Gasteiger partial charge in [0.25, 0.3) is 0 Å². The lowest BCUT2D eigenvalue weighted by Gasteiger charge is -2.19. The predicted octanol–water partition coefficient (Wildman–Crippen LogP) is 1.51. The fourth-order valence-corrected chi connectivity index (χ4v) is 2.09. The van der Waals surface area contributed by atoms with Crippen LogP contribution >= 0.6 is 0 Å². The maximum atomic E-state index is 5.50. The lowest BCUT2D eigenvalue weighted by molar-refractivity contribution is 0.122. The number of nitrogens with zero attached hydrogens (tertiary/aromatic N) is 3. The molecule has 5 nitrogen and oxygen atoms in total. The van der Waals surface area contributed by atoms with Crippen molar-refractivity contribution in [3.63, 3.8) is 0 Å². The van der Waals surface area contributed by atoms with Crippen LogP contribution in [0.1, 0.15) is 18.7 Å². The summed E-state index contributed by atoms with van der Waals surface area (Å²) in [4.78, 5) is 0. The van der Waals surface area contributed by atoms with E-state index in [1.165, 1.54) is 0 Å². The molecular formula is C13H16N4O. The van der Waals surface area contributed by atoms with Crippen LogP contribution in [0.4, 0.5) is 0 Å². The van der Waals surface area contributed by atoms with Gasteiger partial charge in [0.05, 0.1) is 12.8 Å². The minimum Gasteiger partial charge on any atom is -0.497 e. The molecule has 1 aliphatic heterocycles. The Hall–Kier alpha value is -1.88. The van der Waals surface area contributed by atoms with Crippen molar-refractivity contribution in [1.82, 2.24) is 19.9 Å². The fourth-order valence-electron chi connectivity index (χ4n) is 2.09.